The van der Waals surface area contributed by atoms with Crippen molar-refractivity contribution in [3.63, 3.8) is 0 Å². The number of rotatable bonds is 9. The van der Waals surface area contributed by atoms with Crippen molar-refractivity contribution >= 4 is 25.1 Å². The van der Waals surface area contributed by atoms with E-state index in [0.29, 0.717) is 5.54 Å². The van der Waals surface area contributed by atoms with Crippen molar-refractivity contribution in [3.05, 3.63) is 26.5 Å². The molecule has 2 nitrogen and oxygen atoms in total. The molecule has 0 spiro atoms. The molecule has 2 rings (SSSR count). The van der Waals surface area contributed by atoms with E-state index in [4.69, 9.17) is 4.74 Å². The average molecular weight is 450 g/mol. The first-order valence-corrected chi connectivity index (χ1v) is 15.5. The Labute approximate surface area is 192 Å². The third-order valence-corrected chi connectivity index (χ3v) is 12.7. The maximum Gasteiger partial charge on any atom is 0.135 e. The van der Waals surface area contributed by atoms with Gasteiger partial charge in [-0.05, 0) is 98.4 Å². The third kappa shape index (κ3) is 6.31. The van der Waals surface area contributed by atoms with Crippen LogP contribution in [0.25, 0.3) is 5.57 Å². The number of aryl methyl sites for hydroxylation is 1. The van der Waals surface area contributed by atoms with Crippen molar-refractivity contribution in [3.8, 4) is 0 Å². The Morgan fingerprint density at radius 2 is 1.53 bits per heavy atom. The predicted octanol–water partition coefficient (Wildman–Crippen LogP) is 8.13. The van der Waals surface area contributed by atoms with Crippen LogP contribution >= 0.6 is 11.3 Å². The molecule has 30 heavy (non-hydrogen) atoms. The maximum atomic E-state index is 5.89. The lowest BCUT2D eigenvalue weighted by Gasteiger charge is -2.41. The minimum Gasteiger partial charge on any atom is -0.376 e. The molecule has 0 amide bonds. The van der Waals surface area contributed by atoms with Crippen molar-refractivity contribution in [2.45, 2.75) is 124 Å². The molecule has 0 aromatic carbocycles. The van der Waals surface area contributed by atoms with Gasteiger partial charge in [0, 0.05) is 27.4 Å². The fourth-order valence-electron chi connectivity index (χ4n) is 5.16. The summed E-state index contributed by atoms with van der Waals surface area (Å²) < 4.78 is 5.89. The van der Waals surface area contributed by atoms with E-state index in [1.165, 1.54) is 42.2 Å². The third-order valence-electron chi connectivity index (χ3n) is 6.50. The van der Waals surface area contributed by atoms with Gasteiger partial charge in [-0.2, -0.15) is 0 Å². The van der Waals surface area contributed by atoms with Crippen LogP contribution in [0.3, 0.4) is 0 Å². The van der Waals surface area contributed by atoms with E-state index in [-0.39, 0.29) is 11.1 Å². The van der Waals surface area contributed by atoms with Crippen LogP contribution in [-0.2, 0) is 4.74 Å². The molecule has 1 N–H and O–H groups in total. The zero-order chi connectivity index (χ0) is 22.9. The van der Waals surface area contributed by atoms with Crippen LogP contribution in [0.4, 0.5) is 0 Å². The summed E-state index contributed by atoms with van der Waals surface area (Å²) in [5.41, 5.74) is 7.03. The van der Waals surface area contributed by atoms with E-state index in [1.807, 2.05) is 0 Å². The minimum atomic E-state index is -1.74. The van der Waals surface area contributed by atoms with E-state index < -0.39 is 8.24 Å². The van der Waals surface area contributed by atoms with E-state index >= 15 is 0 Å². The summed E-state index contributed by atoms with van der Waals surface area (Å²) in [4.78, 5) is 7.36. The molecular formula is C26H47NOSSi. The van der Waals surface area contributed by atoms with Crippen LogP contribution in [-0.4, -0.2) is 26.0 Å². The lowest BCUT2D eigenvalue weighted by Crippen LogP contribution is -2.60. The number of unbranched alkanes of at least 4 members (excludes halogenated alkanes) is 3. The second-order valence-corrected chi connectivity index (χ2v) is 17.1. The van der Waals surface area contributed by atoms with Gasteiger partial charge in [-0.15, -0.1) is 11.3 Å². The first-order valence-electron chi connectivity index (χ1n) is 11.9. The molecule has 1 aromatic rings. The highest BCUT2D eigenvalue weighted by atomic mass is 32.1. The average Bonchev–Trinajstić information content (AvgIpc) is 2.98. The molecule has 0 radical (unpaired) electrons. The highest BCUT2D eigenvalue weighted by Gasteiger charge is 2.46. The van der Waals surface area contributed by atoms with E-state index in [9.17, 15) is 0 Å². The first-order chi connectivity index (χ1) is 13.7. The molecule has 1 aliphatic rings. The number of nitrogens with one attached hydrogen (secondary N) is 1. The number of fused-ring (bicyclic) bond motifs is 1. The van der Waals surface area contributed by atoms with Gasteiger partial charge in [-0.1, -0.05) is 31.4 Å². The molecule has 0 saturated carbocycles. The standard InChI is InChI=1S/C26H47NOSSi/c1-18-19(2)24(23-22(18)20(3)21(4)29-23)30(11,27-25(5,6)7)17-15-13-12-14-16-28-26(8,9)10/h24,27H,12-17H2,1-11H3. The highest BCUT2D eigenvalue weighted by molar-refractivity contribution is 7.13. The van der Waals surface area contributed by atoms with Crippen LogP contribution in [0.2, 0.25) is 12.6 Å². The Morgan fingerprint density at radius 3 is 2.10 bits per heavy atom. The Kier molecular flexibility index (Phi) is 8.27. The lowest BCUT2D eigenvalue weighted by molar-refractivity contribution is -0.00471. The highest BCUT2D eigenvalue weighted by Crippen LogP contribution is 2.52. The number of hydrogen-bond donors (Lipinski definition) is 1. The Morgan fingerprint density at radius 1 is 0.933 bits per heavy atom. The fraction of sp³-hybridized carbons (Fsp3) is 0.769. The molecule has 0 fully saturated rings. The molecule has 172 valence electrons. The summed E-state index contributed by atoms with van der Waals surface area (Å²) in [6.45, 7) is 26.3. The predicted molar refractivity (Wildman–Crippen MR) is 138 cm³/mol. The molecule has 2 atom stereocenters. The monoisotopic (exact) mass is 449 g/mol. The van der Waals surface area contributed by atoms with Gasteiger partial charge in [0.15, 0.2) is 0 Å². The molecular weight excluding hydrogens is 402 g/mol. The van der Waals surface area contributed by atoms with Crippen LogP contribution in [0, 0.1) is 13.8 Å². The number of allylic oxidation sites excluding steroid dienone is 2. The molecule has 1 aromatic heterocycles. The van der Waals surface area contributed by atoms with E-state index in [2.05, 4.69) is 92.1 Å². The van der Waals surface area contributed by atoms with E-state index in [1.54, 1.807) is 21.6 Å². The van der Waals surface area contributed by atoms with E-state index in [0.717, 1.165) is 6.61 Å². The van der Waals surface area contributed by atoms with Crippen LogP contribution in [0.1, 0.15) is 107 Å². The molecule has 1 heterocycles. The van der Waals surface area contributed by atoms with Crippen molar-refractivity contribution in [1.29, 1.82) is 0 Å². The Balaban J connectivity index is 2.12. The quantitative estimate of drug-likeness (QED) is 0.303. The smallest absolute Gasteiger partial charge is 0.135 e. The summed E-state index contributed by atoms with van der Waals surface area (Å²) in [5, 5.41) is 0. The second-order valence-electron chi connectivity index (χ2n) is 11.7. The minimum absolute atomic E-state index is 0.0129. The zero-order valence-corrected chi connectivity index (χ0v) is 23.5. The summed E-state index contributed by atoms with van der Waals surface area (Å²) in [5.74, 6) is 0. The van der Waals surface area contributed by atoms with Crippen LogP contribution < -0.4 is 4.98 Å². The van der Waals surface area contributed by atoms with Gasteiger partial charge in [0.2, 0.25) is 0 Å². The van der Waals surface area contributed by atoms with Gasteiger partial charge in [0.25, 0.3) is 0 Å². The van der Waals surface area contributed by atoms with Gasteiger partial charge in [0.1, 0.15) is 8.24 Å². The summed E-state index contributed by atoms with van der Waals surface area (Å²) >= 11 is 2.06. The van der Waals surface area contributed by atoms with Crippen molar-refractivity contribution < 1.29 is 4.74 Å². The number of hydrogen-bond acceptors (Lipinski definition) is 3. The van der Waals surface area contributed by atoms with Crippen LogP contribution in [0.15, 0.2) is 5.57 Å². The van der Waals surface area contributed by atoms with Crippen molar-refractivity contribution in [2.24, 2.45) is 0 Å². The molecule has 2 unspecified atom stereocenters. The number of thiophene rings is 1. The van der Waals surface area contributed by atoms with Gasteiger partial charge in [-0.25, -0.2) is 0 Å². The topological polar surface area (TPSA) is 21.3 Å². The van der Waals surface area contributed by atoms with Crippen molar-refractivity contribution in [1.82, 2.24) is 4.98 Å². The molecule has 4 heteroatoms. The SMILES string of the molecule is CC1=C(C)C([Si](C)(CCCCCCOC(C)(C)C)NC(C)(C)C)c2sc(C)c(C)c21. The first kappa shape index (κ1) is 25.8. The summed E-state index contributed by atoms with van der Waals surface area (Å²) in [6, 6.07) is 1.34. The van der Waals surface area contributed by atoms with Gasteiger partial charge >= 0.3 is 0 Å². The summed E-state index contributed by atoms with van der Waals surface area (Å²) in [6.07, 6.45) is 5.09. The Bertz CT molecular complexity index is 765. The molecule has 0 aliphatic heterocycles. The molecule has 0 bridgehead atoms. The number of ether oxygens (including phenoxy) is 1. The zero-order valence-electron chi connectivity index (χ0n) is 21.6. The fourth-order valence-corrected chi connectivity index (χ4v) is 12.6. The lowest BCUT2D eigenvalue weighted by atomic mass is 10.1. The maximum absolute atomic E-state index is 5.89. The van der Waals surface area contributed by atoms with Crippen LogP contribution in [0.5, 0.6) is 0 Å². The van der Waals surface area contributed by atoms with Crippen molar-refractivity contribution in [2.75, 3.05) is 6.61 Å². The van der Waals surface area contributed by atoms with Gasteiger partial charge in [-0.3, -0.25) is 0 Å². The second kappa shape index (κ2) is 9.60. The Hall–Kier alpha value is -0.423. The van der Waals surface area contributed by atoms with Gasteiger partial charge in [0.05, 0.1) is 5.60 Å². The summed E-state index contributed by atoms with van der Waals surface area (Å²) in [7, 11) is -1.74. The largest absolute Gasteiger partial charge is 0.376 e. The molecule has 0 saturated heterocycles. The normalized spacial score (nSPS) is 19.4. The molecule has 1 aliphatic carbocycles. The van der Waals surface area contributed by atoms with Gasteiger partial charge < -0.3 is 9.72 Å².